The Morgan fingerprint density at radius 2 is 0.650 bits per heavy atom. The van der Waals surface area contributed by atoms with E-state index >= 15 is 0 Å². The van der Waals surface area contributed by atoms with Gasteiger partial charge in [0.25, 0.3) is 0 Å². The molecule has 7 aromatic rings. The van der Waals surface area contributed by atoms with Crippen molar-refractivity contribution in [1.29, 1.82) is 0 Å². The Balaban J connectivity index is 1.29. The summed E-state index contributed by atoms with van der Waals surface area (Å²) >= 11 is 0. The molecule has 40 heavy (non-hydrogen) atoms. The zero-order valence-electron chi connectivity index (χ0n) is 22.0. The summed E-state index contributed by atoms with van der Waals surface area (Å²) in [6.07, 6.45) is 0. The monoisotopic (exact) mass is 506 g/mol. The summed E-state index contributed by atoms with van der Waals surface area (Å²) in [4.78, 5) is 0. The third-order valence-electron chi connectivity index (χ3n) is 8.27. The molecule has 0 N–H and O–H groups in total. The van der Waals surface area contributed by atoms with Crippen molar-refractivity contribution in [3.05, 3.63) is 158 Å². The van der Waals surface area contributed by atoms with Gasteiger partial charge in [0.15, 0.2) is 0 Å². The molecule has 0 saturated heterocycles. The maximum atomic E-state index is 2.30. The van der Waals surface area contributed by atoms with E-state index in [4.69, 9.17) is 0 Å². The lowest BCUT2D eigenvalue weighted by Gasteiger charge is -2.17. The summed E-state index contributed by atoms with van der Waals surface area (Å²) < 4.78 is 0. The number of rotatable bonds is 4. The Morgan fingerprint density at radius 1 is 0.225 bits per heavy atom. The standard InChI is InChI=1S/C40H26/c1-3-11-27(12-4-1)32-17-9-18-33(28-13-5-2-6-14-28)39(32)30-23-21-29(22-24-30)31-25-26-38-35-16-8-7-15-34(35)37-20-10-19-36(31)40(37)38/h1-26H. The summed E-state index contributed by atoms with van der Waals surface area (Å²) in [5.74, 6) is 0. The van der Waals surface area contributed by atoms with E-state index in [2.05, 4.69) is 158 Å². The molecule has 186 valence electrons. The summed E-state index contributed by atoms with van der Waals surface area (Å²) in [5, 5.41) is 2.68. The van der Waals surface area contributed by atoms with Crippen LogP contribution in [0.5, 0.6) is 0 Å². The van der Waals surface area contributed by atoms with Crippen LogP contribution in [0.4, 0.5) is 0 Å². The van der Waals surface area contributed by atoms with Crippen LogP contribution in [0.25, 0.3) is 77.5 Å². The van der Waals surface area contributed by atoms with Crippen molar-refractivity contribution in [2.75, 3.05) is 0 Å². The van der Waals surface area contributed by atoms with Crippen molar-refractivity contribution >= 4 is 10.8 Å². The number of hydrogen-bond donors (Lipinski definition) is 0. The number of benzene rings is 7. The molecule has 0 amide bonds. The molecule has 0 heteroatoms. The minimum absolute atomic E-state index is 1.22. The molecule has 0 bridgehead atoms. The SMILES string of the molecule is c1ccc(-c2cccc(-c3ccccc3)c2-c2ccc(-c3ccc4c5c(cccc35)-c3ccccc3-4)cc2)cc1. The summed E-state index contributed by atoms with van der Waals surface area (Å²) in [5.41, 5.74) is 15.3. The fourth-order valence-electron chi connectivity index (χ4n) is 6.46. The van der Waals surface area contributed by atoms with Crippen molar-refractivity contribution in [3.8, 4) is 66.8 Å². The topological polar surface area (TPSA) is 0 Å². The average Bonchev–Trinajstić information content (AvgIpc) is 3.37. The van der Waals surface area contributed by atoms with Gasteiger partial charge in [0, 0.05) is 0 Å². The van der Waals surface area contributed by atoms with Crippen molar-refractivity contribution in [1.82, 2.24) is 0 Å². The predicted molar refractivity (Wildman–Crippen MR) is 170 cm³/mol. The second-order valence-corrected chi connectivity index (χ2v) is 10.5. The van der Waals surface area contributed by atoms with E-state index in [0.29, 0.717) is 0 Å². The minimum atomic E-state index is 1.22. The normalized spacial score (nSPS) is 11.5. The maximum Gasteiger partial charge on any atom is -0.00201 e. The van der Waals surface area contributed by atoms with Gasteiger partial charge in [-0.25, -0.2) is 0 Å². The van der Waals surface area contributed by atoms with Crippen LogP contribution < -0.4 is 0 Å². The molecule has 0 aromatic heterocycles. The lowest BCUT2D eigenvalue weighted by atomic mass is 9.87. The molecule has 1 aliphatic carbocycles. The van der Waals surface area contributed by atoms with Crippen molar-refractivity contribution in [2.45, 2.75) is 0 Å². The predicted octanol–water partition coefficient (Wildman–Crippen LogP) is 11.2. The number of hydrogen-bond acceptors (Lipinski definition) is 0. The van der Waals surface area contributed by atoms with Crippen molar-refractivity contribution in [2.24, 2.45) is 0 Å². The first-order valence-corrected chi connectivity index (χ1v) is 13.9. The van der Waals surface area contributed by atoms with Gasteiger partial charge in [0.05, 0.1) is 0 Å². The van der Waals surface area contributed by atoms with E-state index in [1.165, 1.54) is 77.5 Å². The molecule has 0 nitrogen and oxygen atoms in total. The van der Waals surface area contributed by atoms with Gasteiger partial charge in [-0.05, 0) is 77.5 Å². The zero-order valence-corrected chi connectivity index (χ0v) is 22.0. The van der Waals surface area contributed by atoms with E-state index in [1.54, 1.807) is 0 Å². The minimum Gasteiger partial charge on any atom is -0.0622 e. The average molecular weight is 507 g/mol. The first kappa shape index (κ1) is 22.8. The molecular weight excluding hydrogens is 480 g/mol. The highest BCUT2D eigenvalue weighted by Gasteiger charge is 2.22. The van der Waals surface area contributed by atoms with E-state index < -0.39 is 0 Å². The van der Waals surface area contributed by atoms with E-state index in [-0.39, 0.29) is 0 Å². The van der Waals surface area contributed by atoms with Gasteiger partial charge in [0.1, 0.15) is 0 Å². The fraction of sp³-hybridized carbons (Fsp3) is 0. The van der Waals surface area contributed by atoms with Crippen LogP contribution in [0.15, 0.2) is 158 Å². The van der Waals surface area contributed by atoms with Crippen LogP contribution in [0.2, 0.25) is 0 Å². The van der Waals surface area contributed by atoms with Gasteiger partial charge in [-0.15, -0.1) is 0 Å². The molecule has 0 unspecified atom stereocenters. The van der Waals surface area contributed by atoms with Gasteiger partial charge < -0.3 is 0 Å². The molecular formula is C40H26. The van der Waals surface area contributed by atoms with Crippen molar-refractivity contribution in [3.63, 3.8) is 0 Å². The van der Waals surface area contributed by atoms with Crippen LogP contribution in [-0.4, -0.2) is 0 Å². The third-order valence-corrected chi connectivity index (χ3v) is 8.27. The van der Waals surface area contributed by atoms with Crippen LogP contribution in [-0.2, 0) is 0 Å². The van der Waals surface area contributed by atoms with E-state index in [9.17, 15) is 0 Å². The molecule has 8 rings (SSSR count). The lowest BCUT2D eigenvalue weighted by Crippen LogP contribution is -1.91. The van der Waals surface area contributed by atoms with Gasteiger partial charge in [0.2, 0.25) is 0 Å². The molecule has 0 atom stereocenters. The quantitative estimate of drug-likeness (QED) is 0.223. The van der Waals surface area contributed by atoms with E-state index in [0.717, 1.165) is 0 Å². The molecule has 0 saturated carbocycles. The first-order valence-electron chi connectivity index (χ1n) is 13.9. The Labute approximate surface area is 234 Å². The molecule has 1 aliphatic rings. The molecule has 7 aromatic carbocycles. The lowest BCUT2D eigenvalue weighted by molar-refractivity contribution is 1.55. The van der Waals surface area contributed by atoms with Crippen LogP contribution >= 0.6 is 0 Å². The summed E-state index contributed by atoms with van der Waals surface area (Å²) in [6, 6.07) is 57.3. The molecule has 0 fully saturated rings. The molecule has 0 heterocycles. The maximum absolute atomic E-state index is 2.30. The second kappa shape index (κ2) is 9.22. The second-order valence-electron chi connectivity index (χ2n) is 10.5. The van der Waals surface area contributed by atoms with Crippen LogP contribution in [0.1, 0.15) is 0 Å². The smallest absolute Gasteiger partial charge is 0.00201 e. The fourth-order valence-corrected chi connectivity index (χ4v) is 6.46. The Kier molecular flexibility index (Phi) is 5.24. The molecule has 0 aliphatic heterocycles. The highest BCUT2D eigenvalue weighted by Crippen LogP contribution is 2.49. The van der Waals surface area contributed by atoms with Gasteiger partial charge in [-0.1, -0.05) is 158 Å². The van der Waals surface area contributed by atoms with Gasteiger partial charge >= 0.3 is 0 Å². The molecule has 0 spiro atoms. The highest BCUT2D eigenvalue weighted by molar-refractivity contribution is 6.18. The third kappa shape index (κ3) is 3.54. The van der Waals surface area contributed by atoms with Crippen molar-refractivity contribution < 1.29 is 0 Å². The van der Waals surface area contributed by atoms with E-state index in [1.807, 2.05) is 0 Å². The molecule has 0 radical (unpaired) electrons. The first-order chi connectivity index (χ1) is 19.9. The highest BCUT2D eigenvalue weighted by atomic mass is 14.2. The summed E-state index contributed by atoms with van der Waals surface area (Å²) in [6.45, 7) is 0. The van der Waals surface area contributed by atoms with Gasteiger partial charge in [-0.2, -0.15) is 0 Å². The zero-order chi connectivity index (χ0) is 26.5. The number of fused-ring (bicyclic) bond motifs is 3. The Morgan fingerprint density at radius 3 is 1.27 bits per heavy atom. The summed E-state index contributed by atoms with van der Waals surface area (Å²) in [7, 11) is 0. The van der Waals surface area contributed by atoms with Crippen LogP contribution in [0, 0.1) is 0 Å². The van der Waals surface area contributed by atoms with Crippen LogP contribution in [0.3, 0.4) is 0 Å². The Bertz CT molecular complexity index is 1930. The van der Waals surface area contributed by atoms with Gasteiger partial charge in [-0.3, -0.25) is 0 Å². The Hall–Kier alpha value is -5.20. The largest absolute Gasteiger partial charge is 0.0622 e.